The van der Waals surface area contributed by atoms with E-state index in [4.69, 9.17) is 10.5 Å². The van der Waals surface area contributed by atoms with E-state index >= 15 is 0 Å². The smallest absolute Gasteiger partial charge is 0.241 e. The molecule has 23 heavy (non-hydrogen) atoms. The molecule has 1 aliphatic heterocycles. The maximum atomic E-state index is 12.4. The van der Waals surface area contributed by atoms with Crippen molar-refractivity contribution in [2.45, 2.75) is 44.6 Å². The molecule has 0 bridgehead atoms. The van der Waals surface area contributed by atoms with Crippen molar-refractivity contribution in [1.82, 2.24) is 9.80 Å². The monoisotopic (exact) mass is 347 g/mol. The van der Waals surface area contributed by atoms with Crippen molar-refractivity contribution in [3.63, 3.8) is 0 Å². The molecule has 0 spiro atoms. The van der Waals surface area contributed by atoms with Crippen molar-refractivity contribution in [2.75, 3.05) is 39.9 Å². The van der Waals surface area contributed by atoms with Crippen molar-refractivity contribution < 1.29 is 14.3 Å². The minimum absolute atomic E-state index is 0. The van der Waals surface area contributed by atoms with Crippen LogP contribution in [-0.4, -0.2) is 67.6 Å². The molecule has 2 rings (SSSR count). The fourth-order valence-corrected chi connectivity index (χ4v) is 3.43. The first-order valence-corrected chi connectivity index (χ1v) is 8.43. The summed E-state index contributed by atoms with van der Waals surface area (Å²) in [5, 5.41) is 0. The Hall–Kier alpha value is -0.850. The zero-order valence-electron chi connectivity index (χ0n) is 14.0. The number of halogens is 1. The number of ether oxygens (including phenoxy) is 1. The third-order valence-electron chi connectivity index (χ3n) is 4.80. The zero-order chi connectivity index (χ0) is 15.9. The summed E-state index contributed by atoms with van der Waals surface area (Å²) in [5.74, 6) is 0.734. The van der Waals surface area contributed by atoms with Crippen molar-refractivity contribution in [3.8, 4) is 0 Å². The second-order valence-electron chi connectivity index (χ2n) is 6.48. The molecule has 6 nitrogen and oxygen atoms in total. The normalized spacial score (nSPS) is 20.8. The third-order valence-corrected chi connectivity index (χ3v) is 4.80. The number of amides is 2. The number of nitrogens with zero attached hydrogens (tertiary/aromatic N) is 2. The van der Waals surface area contributed by atoms with E-state index in [0.29, 0.717) is 38.5 Å². The summed E-state index contributed by atoms with van der Waals surface area (Å²) >= 11 is 0. The lowest BCUT2D eigenvalue weighted by molar-refractivity contribution is -0.141. The van der Waals surface area contributed by atoms with Crippen molar-refractivity contribution in [2.24, 2.45) is 11.7 Å². The maximum Gasteiger partial charge on any atom is 0.241 e. The predicted octanol–water partition coefficient (Wildman–Crippen LogP) is 1.02. The number of hydrogen-bond donors (Lipinski definition) is 1. The SMILES string of the molecule is COCC(N)C(=O)N1CCN(C(=O)CC2CCCCC2)CC1.Cl. The van der Waals surface area contributed by atoms with Gasteiger partial charge < -0.3 is 20.3 Å². The van der Waals surface area contributed by atoms with Crippen LogP contribution in [-0.2, 0) is 14.3 Å². The molecule has 0 aromatic heterocycles. The van der Waals surface area contributed by atoms with Gasteiger partial charge in [-0.15, -0.1) is 12.4 Å². The molecule has 1 atom stereocenters. The number of carbonyl (C=O) groups is 2. The summed E-state index contributed by atoms with van der Waals surface area (Å²) in [6, 6.07) is -0.602. The van der Waals surface area contributed by atoms with Gasteiger partial charge in [0.05, 0.1) is 6.61 Å². The highest BCUT2D eigenvalue weighted by Crippen LogP contribution is 2.27. The van der Waals surface area contributed by atoms with Gasteiger partial charge in [-0.2, -0.15) is 0 Å². The van der Waals surface area contributed by atoms with Crippen LogP contribution in [0.1, 0.15) is 38.5 Å². The molecule has 2 fully saturated rings. The van der Waals surface area contributed by atoms with E-state index in [1.165, 1.54) is 39.2 Å². The number of rotatable bonds is 5. The van der Waals surface area contributed by atoms with E-state index in [0.717, 1.165) is 0 Å². The Bertz CT molecular complexity index is 381. The summed E-state index contributed by atoms with van der Waals surface area (Å²) in [4.78, 5) is 28.1. The molecule has 2 N–H and O–H groups in total. The lowest BCUT2D eigenvalue weighted by Crippen LogP contribution is -2.55. The average molecular weight is 348 g/mol. The molecule has 0 aromatic rings. The Morgan fingerprint density at radius 1 is 1.09 bits per heavy atom. The summed E-state index contributed by atoms with van der Waals surface area (Å²) in [5.41, 5.74) is 5.78. The van der Waals surface area contributed by atoms with Crippen molar-refractivity contribution in [3.05, 3.63) is 0 Å². The van der Waals surface area contributed by atoms with Crippen LogP contribution in [0.25, 0.3) is 0 Å². The summed E-state index contributed by atoms with van der Waals surface area (Å²) < 4.78 is 4.92. The average Bonchev–Trinajstić information content (AvgIpc) is 2.55. The van der Waals surface area contributed by atoms with Gasteiger partial charge in [-0.1, -0.05) is 19.3 Å². The van der Waals surface area contributed by atoms with E-state index < -0.39 is 6.04 Å². The molecule has 1 aliphatic carbocycles. The van der Waals surface area contributed by atoms with Crippen LogP contribution in [0.2, 0.25) is 0 Å². The number of piperazine rings is 1. The Balaban J connectivity index is 0.00000264. The number of hydrogen-bond acceptors (Lipinski definition) is 4. The van der Waals surface area contributed by atoms with Crippen LogP contribution in [0.15, 0.2) is 0 Å². The van der Waals surface area contributed by atoms with Gasteiger partial charge in [0, 0.05) is 39.7 Å². The van der Waals surface area contributed by atoms with Crippen LogP contribution in [0.3, 0.4) is 0 Å². The number of methoxy groups -OCH3 is 1. The van der Waals surface area contributed by atoms with Gasteiger partial charge in [0.15, 0.2) is 0 Å². The van der Waals surface area contributed by atoms with Gasteiger partial charge in [0.2, 0.25) is 11.8 Å². The molecule has 1 heterocycles. The third kappa shape index (κ3) is 5.94. The molecule has 2 amide bonds. The summed E-state index contributed by atoms with van der Waals surface area (Å²) in [6.45, 7) is 2.63. The maximum absolute atomic E-state index is 12.4. The van der Waals surface area contributed by atoms with Gasteiger partial charge >= 0.3 is 0 Å². The minimum Gasteiger partial charge on any atom is -0.383 e. The molecular weight excluding hydrogens is 318 g/mol. The van der Waals surface area contributed by atoms with Gasteiger partial charge in [0.25, 0.3) is 0 Å². The van der Waals surface area contributed by atoms with Crippen LogP contribution in [0.5, 0.6) is 0 Å². The van der Waals surface area contributed by atoms with Crippen LogP contribution in [0.4, 0.5) is 0 Å². The van der Waals surface area contributed by atoms with Gasteiger partial charge in [0.1, 0.15) is 6.04 Å². The Kier molecular flexibility index (Phi) is 8.87. The topological polar surface area (TPSA) is 75.9 Å². The second kappa shape index (κ2) is 10.1. The molecule has 134 valence electrons. The molecule has 1 saturated heterocycles. The van der Waals surface area contributed by atoms with E-state index in [2.05, 4.69) is 0 Å². The van der Waals surface area contributed by atoms with E-state index in [1.807, 2.05) is 4.90 Å². The fraction of sp³-hybridized carbons (Fsp3) is 0.875. The van der Waals surface area contributed by atoms with Gasteiger partial charge in [-0.3, -0.25) is 9.59 Å². The highest BCUT2D eigenvalue weighted by atomic mass is 35.5. The molecule has 0 aromatic carbocycles. The first kappa shape index (κ1) is 20.2. The van der Waals surface area contributed by atoms with Gasteiger partial charge in [-0.05, 0) is 18.8 Å². The first-order chi connectivity index (χ1) is 10.6. The van der Waals surface area contributed by atoms with Crippen molar-refractivity contribution in [1.29, 1.82) is 0 Å². The predicted molar refractivity (Wildman–Crippen MR) is 91.5 cm³/mol. The summed E-state index contributed by atoms with van der Waals surface area (Å²) in [6.07, 6.45) is 6.89. The molecule has 1 unspecified atom stereocenters. The zero-order valence-corrected chi connectivity index (χ0v) is 14.9. The summed E-state index contributed by atoms with van der Waals surface area (Å²) in [7, 11) is 1.54. The van der Waals surface area contributed by atoms with E-state index in [-0.39, 0.29) is 30.8 Å². The van der Waals surface area contributed by atoms with Crippen molar-refractivity contribution >= 4 is 24.2 Å². The Labute approximate surface area is 145 Å². The largest absolute Gasteiger partial charge is 0.383 e. The Morgan fingerprint density at radius 3 is 2.22 bits per heavy atom. The van der Waals surface area contributed by atoms with Crippen LogP contribution >= 0.6 is 12.4 Å². The minimum atomic E-state index is -0.602. The van der Waals surface area contributed by atoms with E-state index in [9.17, 15) is 9.59 Å². The first-order valence-electron chi connectivity index (χ1n) is 8.43. The van der Waals surface area contributed by atoms with Crippen LogP contribution < -0.4 is 5.73 Å². The Morgan fingerprint density at radius 2 is 1.65 bits per heavy atom. The lowest BCUT2D eigenvalue weighted by atomic mass is 9.86. The quantitative estimate of drug-likeness (QED) is 0.805. The van der Waals surface area contributed by atoms with Gasteiger partial charge in [-0.25, -0.2) is 0 Å². The lowest BCUT2D eigenvalue weighted by Gasteiger charge is -2.36. The number of nitrogens with two attached hydrogens (primary N) is 1. The molecule has 0 radical (unpaired) electrons. The second-order valence-corrected chi connectivity index (χ2v) is 6.48. The van der Waals surface area contributed by atoms with E-state index in [1.54, 1.807) is 4.90 Å². The molecule has 2 aliphatic rings. The molecule has 1 saturated carbocycles. The standard InChI is InChI=1S/C16H29N3O3.ClH/c1-22-12-14(17)16(21)19-9-7-18(8-10-19)15(20)11-13-5-3-2-4-6-13;/h13-14H,2-12,17H2,1H3;1H. The van der Waals surface area contributed by atoms with Crippen LogP contribution in [0, 0.1) is 5.92 Å². The highest BCUT2D eigenvalue weighted by molar-refractivity contribution is 5.85. The molecule has 7 heteroatoms. The number of carbonyl (C=O) groups excluding carboxylic acids is 2. The highest BCUT2D eigenvalue weighted by Gasteiger charge is 2.28. The molecular formula is C16H30ClN3O3. The fourth-order valence-electron chi connectivity index (χ4n) is 3.43.